The van der Waals surface area contributed by atoms with Crippen LogP contribution in [0, 0.1) is 0 Å². The van der Waals surface area contributed by atoms with Gasteiger partial charge in [-0.2, -0.15) is 0 Å². The van der Waals surface area contributed by atoms with Crippen molar-refractivity contribution in [2.24, 2.45) is 0 Å². The van der Waals surface area contributed by atoms with Gasteiger partial charge in [-0.25, -0.2) is 14.6 Å². The van der Waals surface area contributed by atoms with Gasteiger partial charge in [0.1, 0.15) is 5.82 Å². The van der Waals surface area contributed by atoms with Crippen molar-refractivity contribution in [1.29, 1.82) is 0 Å². The highest BCUT2D eigenvalue weighted by molar-refractivity contribution is 5.79. The number of rotatable bonds is 5. The molecule has 8 nitrogen and oxygen atoms in total. The molecule has 8 heteroatoms. The Balaban J connectivity index is 1.64. The van der Waals surface area contributed by atoms with Crippen molar-refractivity contribution >= 4 is 28.0 Å². The molecule has 3 heterocycles. The van der Waals surface area contributed by atoms with Crippen molar-refractivity contribution in [3.8, 4) is 0 Å². The first-order chi connectivity index (χ1) is 12.2. The van der Waals surface area contributed by atoms with Gasteiger partial charge in [-0.3, -0.25) is 4.98 Å². The maximum atomic E-state index is 9.38. The van der Waals surface area contributed by atoms with Crippen LogP contribution >= 0.6 is 0 Å². The summed E-state index contributed by atoms with van der Waals surface area (Å²) >= 11 is 0. The zero-order chi connectivity index (χ0) is 17.2. The Morgan fingerprint density at radius 1 is 1.24 bits per heavy atom. The van der Waals surface area contributed by atoms with Gasteiger partial charge in [0.25, 0.3) is 0 Å². The van der Waals surface area contributed by atoms with E-state index in [1.165, 1.54) is 0 Å². The number of hydrogen-bond donors (Lipinski definition) is 2. The van der Waals surface area contributed by atoms with Gasteiger partial charge in [0.05, 0.1) is 24.4 Å². The maximum absolute atomic E-state index is 9.38. The molecule has 0 aliphatic rings. The summed E-state index contributed by atoms with van der Waals surface area (Å²) in [5, 5.41) is 21.7. The minimum Gasteiger partial charge on any atom is -0.392 e. The number of pyridine rings is 1. The van der Waals surface area contributed by atoms with Gasteiger partial charge in [-0.15, -0.1) is 5.10 Å². The molecule has 0 bridgehead atoms. The fourth-order valence-electron chi connectivity index (χ4n) is 2.60. The highest BCUT2D eigenvalue weighted by Gasteiger charge is 2.10. The molecule has 0 aliphatic carbocycles. The lowest BCUT2D eigenvalue weighted by atomic mass is 10.1. The van der Waals surface area contributed by atoms with Gasteiger partial charge in [-0.05, 0) is 30.7 Å². The fraction of sp³-hybridized carbons (Fsp3) is 0.235. The lowest BCUT2D eigenvalue weighted by Crippen LogP contribution is -2.16. The average Bonchev–Trinajstić information content (AvgIpc) is 3.02. The Labute approximate surface area is 143 Å². The van der Waals surface area contributed by atoms with Crippen molar-refractivity contribution in [1.82, 2.24) is 29.9 Å². The summed E-state index contributed by atoms with van der Waals surface area (Å²) in [5.74, 6) is 0.583. The molecule has 0 unspecified atom stereocenters. The van der Waals surface area contributed by atoms with Crippen LogP contribution in [-0.4, -0.2) is 47.7 Å². The number of nitrogens with zero attached hydrogens (tertiary/aromatic N) is 6. The van der Waals surface area contributed by atoms with E-state index in [-0.39, 0.29) is 0 Å². The Morgan fingerprint density at radius 3 is 3.04 bits per heavy atom. The largest absolute Gasteiger partial charge is 0.392 e. The van der Waals surface area contributed by atoms with Gasteiger partial charge in [0, 0.05) is 18.1 Å². The standard InChI is InChI=1S/C17H17N7O/c1-11(25)8-19-15-9-20-16-17(21-15)24(23-22-16)10-12-4-5-14-13(7-12)3-2-6-18-14/h2-7,9,11,25H,8,10H2,1H3,(H,19,21)/t11-/m1/s1. The van der Waals surface area contributed by atoms with E-state index in [9.17, 15) is 5.11 Å². The third kappa shape index (κ3) is 3.24. The second-order valence-electron chi connectivity index (χ2n) is 5.91. The lowest BCUT2D eigenvalue weighted by molar-refractivity contribution is 0.208. The van der Waals surface area contributed by atoms with Crippen molar-refractivity contribution in [3.63, 3.8) is 0 Å². The van der Waals surface area contributed by atoms with Crippen LogP contribution in [0.25, 0.3) is 22.2 Å². The number of aliphatic hydroxyl groups excluding tert-OH is 1. The summed E-state index contributed by atoms with van der Waals surface area (Å²) in [6.07, 6.45) is 2.90. The van der Waals surface area contributed by atoms with E-state index in [2.05, 4.69) is 36.6 Å². The summed E-state index contributed by atoms with van der Waals surface area (Å²) in [4.78, 5) is 13.1. The number of aromatic nitrogens is 6. The number of nitrogens with one attached hydrogen (secondary N) is 1. The molecular formula is C17H17N7O. The van der Waals surface area contributed by atoms with Gasteiger partial charge in [0.15, 0.2) is 5.65 Å². The van der Waals surface area contributed by atoms with E-state index >= 15 is 0 Å². The predicted molar refractivity (Wildman–Crippen MR) is 94.1 cm³/mol. The second kappa shape index (κ2) is 6.40. The molecule has 0 amide bonds. The highest BCUT2D eigenvalue weighted by Crippen LogP contribution is 2.16. The molecule has 3 aromatic heterocycles. The predicted octanol–water partition coefficient (Wildman–Crippen LogP) is 1.61. The minimum atomic E-state index is -0.466. The first kappa shape index (κ1) is 15.4. The molecule has 0 fully saturated rings. The smallest absolute Gasteiger partial charge is 0.221 e. The monoisotopic (exact) mass is 335 g/mol. The van der Waals surface area contributed by atoms with Crippen molar-refractivity contribution in [2.75, 3.05) is 11.9 Å². The Hall–Kier alpha value is -3.13. The Morgan fingerprint density at radius 2 is 2.16 bits per heavy atom. The number of benzene rings is 1. The van der Waals surface area contributed by atoms with E-state index in [4.69, 9.17) is 0 Å². The van der Waals surface area contributed by atoms with Crippen molar-refractivity contribution in [3.05, 3.63) is 48.3 Å². The molecule has 0 aliphatic heterocycles. The molecule has 0 saturated heterocycles. The molecule has 4 rings (SSSR count). The fourth-order valence-corrected chi connectivity index (χ4v) is 2.60. The van der Waals surface area contributed by atoms with Crippen LogP contribution in [0.5, 0.6) is 0 Å². The van der Waals surface area contributed by atoms with Gasteiger partial charge < -0.3 is 10.4 Å². The van der Waals surface area contributed by atoms with Crippen LogP contribution in [0.3, 0.4) is 0 Å². The molecule has 4 aromatic rings. The number of hydrogen-bond acceptors (Lipinski definition) is 7. The normalized spacial score (nSPS) is 12.6. The van der Waals surface area contributed by atoms with Crippen LogP contribution in [-0.2, 0) is 6.54 Å². The van der Waals surface area contributed by atoms with Crippen LogP contribution in [0.4, 0.5) is 5.82 Å². The van der Waals surface area contributed by atoms with E-state index < -0.39 is 6.10 Å². The zero-order valence-electron chi connectivity index (χ0n) is 13.7. The van der Waals surface area contributed by atoms with Gasteiger partial charge in [-0.1, -0.05) is 17.3 Å². The van der Waals surface area contributed by atoms with Crippen LogP contribution in [0.15, 0.2) is 42.7 Å². The van der Waals surface area contributed by atoms with Crippen molar-refractivity contribution < 1.29 is 5.11 Å². The SMILES string of the molecule is C[C@@H](O)CNc1cnc2nnn(Cc3ccc4ncccc4c3)c2n1. The summed E-state index contributed by atoms with van der Waals surface area (Å²) in [5.41, 5.74) is 3.13. The Kier molecular flexibility index (Phi) is 3.95. The van der Waals surface area contributed by atoms with Crippen molar-refractivity contribution in [2.45, 2.75) is 19.6 Å². The minimum absolute atomic E-state index is 0.402. The molecule has 0 radical (unpaired) electrons. The number of fused-ring (bicyclic) bond motifs is 2. The van der Waals surface area contributed by atoms with Crippen LogP contribution < -0.4 is 5.32 Å². The van der Waals surface area contributed by atoms with E-state index in [0.717, 1.165) is 16.5 Å². The third-order valence-corrected chi connectivity index (χ3v) is 3.81. The molecule has 25 heavy (non-hydrogen) atoms. The van der Waals surface area contributed by atoms with Gasteiger partial charge in [0.2, 0.25) is 5.65 Å². The number of aliphatic hydroxyl groups is 1. The highest BCUT2D eigenvalue weighted by atomic mass is 16.3. The molecule has 126 valence electrons. The van der Waals surface area contributed by atoms with Crippen LogP contribution in [0.1, 0.15) is 12.5 Å². The summed E-state index contributed by atoms with van der Waals surface area (Å²) < 4.78 is 1.72. The molecular weight excluding hydrogens is 318 g/mol. The number of anilines is 1. The summed E-state index contributed by atoms with van der Waals surface area (Å²) in [7, 11) is 0. The third-order valence-electron chi connectivity index (χ3n) is 3.81. The first-order valence-corrected chi connectivity index (χ1v) is 8.01. The lowest BCUT2D eigenvalue weighted by Gasteiger charge is -2.07. The Bertz CT molecular complexity index is 1030. The first-order valence-electron chi connectivity index (χ1n) is 8.01. The van der Waals surface area contributed by atoms with Gasteiger partial charge >= 0.3 is 0 Å². The van der Waals surface area contributed by atoms with E-state index in [0.29, 0.717) is 30.2 Å². The quantitative estimate of drug-likeness (QED) is 0.571. The molecule has 0 saturated carbocycles. The molecule has 0 spiro atoms. The molecule has 1 aromatic carbocycles. The molecule has 2 N–H and O–H groups in total. The second-order valence-corrected chi connectivity index (χ2v) is 5.91. The topological polar surface area (TPSA) is 102 Å². The average molecular weight is 335 g/mol. The summed E-state index contributed by atoms with van der Waals surface area (Å²) in [6, 6.07) is 10.0. The van der Waals surface area contributed by atoms with E-state index in [1.807, 2.05) is 24.3 Å². The maximum Gasteiger partial charge on any atom is 0.221 e. The summed E-state index contributed by atoms with van der Waals surface area (Å²) in [6.45, 7) is 2.65. The van der Waals surface area contributed by atoms with E-state index in [1.54, 1.807) is 24.0 Å². The van der Waals surface area contributed by atoms with Crippen LogP contribution in [0.2, 0.25) is 0 Å². The zero-order valence-corrected chi connectivity index (χ0v) is 13.7. The molecule has 1 atom stereocenters.